The third kappa shape index (κ3) is 5.27. The van der Waals surface area contributed by atoms with Crippen LogP contribution in [0.25, 0.3) is 0 Å². The number of benzene rings is 3. The molecule has 1 aliphatic carbocycles. The summed E-state index contributed by atoms with van der Waals surface area (Å²) in [5.41, 5.74) is 5.10. The van der Waals surface area contributed by atoms with E-state index < -0.39 is 21.2 Å². The monoisotopic (exact) mass is 490 g/mol. The molecule has 3 aromatic rings. The maximum atomic E-state index is 13.8. The first kappa shape index (κ1) is 25.0. The van der Waals surface area contributed by atoms with Crippen LogP contribution in [0, 0.1) is 5.92 Å². The van der Waals surface area contributed by atoms with Crippen molar-refractivity contribution in [1.82, 2.24) is 5.32 Å². The molecule has 0 saturated heterocycles. The summed E-state index contributed by atoms with van der Waals surface area (Å²) in [6.07, 6.45) is 1.21. The molecular formula is C29H34N2O3S. The van der Waals surface area contributed by atoms with E-state index in [0.717, 1.165) is 27.9 Å². The Bertz CT molecular complexity index is 1250. The quantitative estimate of drug-likeness (QED) is 0.410. The zero-order valence-corrected chi connectivity index (χ0v) is 21.6. The standard InChI is InChI=1S/C29H34N2O3S/c1-19(2)25-15-10-16-26(20(3)4)27(25)30-29(32)31-28(35(33,34)24-13-6-5-7-14-24)23-17-21-11-8-9-12-22(21)18-23/h5-16,19-20,23,28H,17-18H2,1-4H3,(H2,30,31,32). The molecule has 0 heterocycles. The Hall–Kier alpha value is -3.12. The third-order valence-electron chi connectivity index (χ3n) is 6.80. The minimum atomic E-state index is -3.81. The van der Waals surface area contributed by atoms with E-state index in [1.54, 1.807) is 30.3 Å². The third-order valence-corrected chi connectivity index (χ3v) is 8.90. The van der Waals surface area contributed by atoms with Gasteiger partial charge in [-0.05, 0) is 59.1 Å². The fraction of sp³-hybridized carbons (Fsp3) is 0.345. The number of hydrogen-bond donors (Lipinski definition) is 2. The summed E-state index contributed by atoms with van der Waals surface area (Å²) >= 11 is 0. The SMILES string of the molecule is CC(C)c1cccc(C(C)C)c1NC(=O)NC(C1Cc2ccccc2C1)S(=O)(=O)c1ccccc1. The molecule has 0 saturated carbocycles. The Labute approximate surface area is 208 Å². The molecule has 0 aromatic heterocycles. The van der Waals surface area contributed by atoms with Crippen LogP contribution in [0.5, 0.6) is 0 Å². The highest BCUT2D eigenvalue weighted by Gasteiger charge is 2.39. The first-order valence-corrected chi connectivity index (χ1v) is 13.8. The van der Waals surface area contributed by atoms with E-state index >= 15 is 0 Å². The number of carbonyl (C=O) groups is 1. The molecule has 2 N–H and O–H groups in total. The van der Waals surface area contributed by atoms with Crippen molar-refractivity contribution in [2.45, 2.75) is 62.6 Å². The van der Waals surface area contributed by atoms with Gasteiger partial charge in [0, 0.05) is 11.6 Å². The van der Waals surface area contributed by atoms with Gasteiger partial charge < -0.3 is 10.6 Å². The van der Waals surface area contributed by atoms with Crippen molar-refractivity contribution < 1.29 is 13.2 Å². The van der Waals surface area contributed by atoms with E-state index in [1.807, 2.05) is 42.5 Å². The molecule has 4 rings (SSSR count). The maximum absolute atomic E-state index is 13.8. The Balaban J connectivity index is 1.67. The molecule has 2 amide bonds. The molecule has 0 aliphatic heterocycles. The van der Waals surface area contributed by atoms with E-state index in [-0.39, 0.29) is 22.6 Å². The van der Waals surface area contributed by atoms with Crippen molar-refractivity contribution in [3.05, 3.63) is 95.1 Å². The van der Waals surface area contributed by atoms with Gasteiger partial charge in [0.1, 0.15) is 5.37 Å². The maximum Gasteiger partial charge on any atom is 0.320 e. The lowest BCUT2D eigenvalue weighted by Crippen LogP contribution is -2.48. The van der Waals surface area contributed by atoms with Crippen LogP contribution in [0.2, 0.25) is 0 Å². The molecule has 1 unspecified atom stereocenters. The summed E-state index contributed by atoms with van der Waals surface area (Å²) in [5.74, 6) is 0.155. The van der Waals surface area contributed by atoms with Crippen molar-refractivity contribution >= 4 is 21.6 Å². The molecule has 1 atom stereocenters. The average molecular weight is 491 g/mol. The number of amides is 2. The Morgan fingerprint density at radius 2 is 1.29 bits per heavy atom. The molecule has 3 aromatic carbocycles. The predicted octanol–water partition coefficient (Wildman–Crippen LogP) is 6.27. The lowest BCUT2D eigenvalue weighted by molar-refractivity contribution is 0.248. The summed E-state index contributed by atoms with van der Waals surface area (Å²) in [6.45, 7) is 8.34. The van der Waals surface area contributed by atoms with Crippen LogP contribution in [-0.2, 0) is 22.7 Å². The van der Waals surface area contributed by atoms with E-state index in [2.05, 4.69) is 38.3 Å². The molecule has 35 heavy (non-hydrogen) atoms. The van der Waals surface area contributed by atoms with Crippen LogP contribution < -0.4 is 10.6 Å². The van der Waals surface area contributed by atoms with Gasteiger partial charge in [0.2, 0.25) is 0 Å². The molecular weight excluding hydrogens is 456 g/mol. The molecule has 0 spiro atoms. The zero-order valence-electron chi connectivity index (χ0n) is 20.8. The second kappa shape index (κ2) is 10.2. The highest BCUT2D eigenvalue weighted by molar-refractivity contribution is 7.92. The topological polar surface area (TPSA) is 75.3 Å². The first-order chi connectivity index (χ1) is 16.7. The number of fused-ring (bicyclic) bond motifs is 1. The van der Waals surface area contributed by atoms with Crippen LogP contribution in [0.4, 0.5) is 10.5 Å². The number of rotatable bonds is 7. The molecule has 5 nitrogen and oxygen atoms in total. The number of anilines is 1. The van der Waals surface area contributed by atoms with E-state index in [9.17, 15) is 13.2 Å². The second-order valence-corrected chi connectivity index (χ2v) is 12.0. The van der Waals surface area contributed by atoms with Crippen LogP contribution in [-0.4, -0.2) is 19.8 Å². The minimum absolute atomic E-state index is 0.206. The summed E-state index contributed by atoms with van der Waals surface area (Å²) in [4.78, 5) is 13.6. The lowest BCUT2D eigenvalue weighted by atomic mass is 9.93. The fourth-order valence-corrected chi connectivity index (χ4v) is 6.78. The number of nitrogens with one attached hydrogen (secondary N) is 2. The number of sulfone groups is 1. The van der Waals surface area contributed by atoms with Crippen molar-refractivity contribution in [2.75, 3.05) is 5.32 Å². The van der Waals surface area contributed by atoms with Gasteiger partial charge >= 0.3 is 6.03 Å². The lowest BCUT2D eigenvalue weighted by Gasteiger charge is -2.26. The number of urea groups is 1. The van der Waals surface area contributed by atoms with Crippen LogP contribution in [0.3, 0.4) is 0 Å². The van der Waals surface area contributed by atoms with Crippen LogP contribution in [0.15, 0.2) is 77.7 Å². The van der Waals surface area contributed by atoms with E-state index in [1.165, 1.54) is 0 Å². The molecule has 184 valence electrons. The van der Waals surface area contributed by atoms with Gasteiger partial charge in [0.05, 0.1) is 4.90 Å². The summed E-state index contributed by atoms with van der Waals surface area (Å²) in [6, 6.07) is 21.9. The largest absolute Gasteiger partial charge is 0.320 e. The zero-order chi connectivity index (χ0) is 25.2. The number of para-hydroxylation sites is 1. The minimum Gasteiger partial charge on any atom is -0.320 e. The van der Waals surface area contributed by atoms with Crippen LogP contribution >= 0.6 is 0 Å². The van der Waals surface area contributed by atoms with E-state index in [0.29, 0.717) is 12.8 Å². The number of hydrogen-bond acceptors (Lipinski definition) is 3. The van der Waals surface area contributed by atoms with Gasteiger partial charge in [-0.3, -0.25) is 0 Å². The molecule has 0 radical (unpaired) electrons. The summed E-state index contributed by atoms with van der Waals surface area (Å²) in [5, 5.41) is 4.85. The Morgan fingerprint density at radius 1 is 0.771 bits per heavy atom. The van der Waals surface area contributed by atoms with Crippen molar-refractivity contribution in [3.8, 4) is 0 Å². The predicted molar refractivity (Wildman–Crippen MR) is 142 cm³/mol. The first-order valence-electron chi connectivity index (χ1n) is 12.2. The second-order valence-electron chi connectivity index (χ2n) is 9.94. The average Bonchev–Trinajstić information content (AvgIpc) is 3.26. The Kier molecular flexibility index (Phi) is 7.31. The van der Waals surface area contributed by atoms with Gasteiger partial charge in [-0.15, -0.1) is 0 Å². The molecule has 1 aliphatic rings. The van der Waals surface area contributed by atoms with Gasteiger partial charge in [-0.25, -0.2) is 13.2 Å². The van der Waals surface area contributed by atoms with Crippen LogP contribution in [0.1, 0.15) is 61.8 Å². The number of carbonyl (C=O) groups excluding carboxylic acids is 1. The van der Waals surface area contributed by atoms with E-state index in [4.69, 9.17) is 0 Å². The Morgan fingerprint density at radius 3 is 1.80 bits per heavy atom. The molecule has 6 heteroatoms. The highest BCUT2D eigenvalue weighted by Crippen LogP contribution is 2.34. The normalized spacial score (nSPS) is 14.7. The smallest absolute Gasteiger partial charge is 0.320 e. The van der Waals surface area contributed by atoms with Gasteiger partial charge in [0.25, 0.3) is 0 Å². The molecule has 0 fully saturated rings. The summed E-state index contributed by atoms with van der Waals surface area (Å²) < 4.78 is 27.5. The van der Waals surface area contributed by atoms with Crippen molar-refractivity contribution in [1.29, 1.82) is 0 Å². The highest BCUT2D eigenvalue weighted by atomic mass is 32.2. The van der Waals surface area contributed by atoms with Gasteiger partial charge in [-0.1, -0.05) is 88.4 Å². The van der Waals surface area contributed by atoms with Crippen molar-refractivity contribution in [2.24, 2.45) is 5.92 Å². The summed E-state index contributed by atoms with van der Waals surface area (Å²) in [7, 11) is -3.81. The fourth-order valence-electron chi connectivity index (χ4n) is 4.99. The van der Waals surface area contributed by atoms with Crippen molar-refractivity contribution in [3.63, 3.8) is 0 Å². The molecule has 0 bridgehead atoms. The van der Waals surface area contributed by atoms with Gasteiger partial charge in [0.15, 0.2) is 9.84 Å². The van der Waals surface area contributed by atoms with Gasteiger partial charge in [-0.2, -0.15) is 0 Å².